The van der Waals surface area contributed by atoms with E-state index in [1.165, 1.54) is 11.1 Å². The zero-order valence-corrected chi connectivity index (χ0v) is 11.9. The number of benzene rings is 1. The van der Waals surface area contributed by atoms with Crippen LogP contribution in [0, 0.1) is 0 Å². The Kier molecular flexibility index (Phi) is 3.69. The Bertz CT molecular complexity index is 726. The van der Waals surface area contributed by atoms with Gasteiger partial charge >= 0.3 is 0 Å². The van der Waals surface area contributed by atoms with Crippen LogP contribution in [0.2, 0.25) is 0 Å². The summed E-state index contributed by atoms with van der Waals surface area (Å²) >= 11 is 0.994. The highest BCUT2D eigenvalue weighted by Gasteiger charge is 2.17. The number of aromatic nitrogens is 4. The largest absolute Gasteiger partial charge is 0.337 e. The van der Waals surface area contributed by atoms with Crippen molar-refractivity contribution in [1.29, 1.82) is 0 Å². The predicted octanol–water partition coefficient (Wildman–Crippen LogP) is 1.86. The highest BCUT2D eigenvalue weighted by Crippen LogP contribution is 2.15. The van der Waals surface area contributed by atoms with Gasteiger partial charge in [-0.3, -0.25) is 4.79 Å². The van der Waals surface area contributed by atoms with E-state index >= 15 is 0 Å². The monoisotopic (exact) mass is 301 g/mol. The van der Waals surface area contributed by atoms with Gasteiger partial charge in [0.1, 0.15) is 6.54 Å². The Balaban J connectivity index is 1.71. The van der Waals surface area contributed by atoms with Crippen LogP contribution in [0.25, 0.3) is 11.4 Å². The van der Waals surface area contributed by atoms with E-state index in [0.717, 1.165) is 17.3 Å². The zero-order valence-electron chi connectivity index (χ0n) is 11.1. The maximum atomic E-state index is 12.0. The molecule has 106 valence electrons. The Labute approximate surface area is 124 Å². The summed E-state index contributed by atoms with van der Waals surface area (Å²) in [4.78, 5) is 17.8. The first-order chi connectivity index (χ1) is 10.2. The van der Waals surface area contributed by atoms with Gasteiger partial charge in [0, 0.05) is 12.6 Å². The molecule has 2 heterocycles. The molecule has 3 aromatic rings. The second-order valence-corrected chi connectivity index (χ2v) is 4.89. The fraction of sp³-hybridized carbons (Fsp3) is 0.154. The Morgan fingerprint density at radius 1 is 1.33 bits per heavy atom. The fourth-order valence-electron chi connectivity index (χ4n) is 1.75. The molecule has 0 aliphatic rings. The molecule has 21 heavy (non-hydrogen) atoms. The van der Waals surface area contributed by atoms with E-state index in [-0.39, 0.29) is 12.5 Å². The van der Waals surface area contributed by atoms with E-state index in [9.17, 15) is 4.79 Å². The van der Waals surface area contributed by atoms with E-state index in [4.69, 9.17) is 4.52 Å². The molecule has 0 spiro atoms. The average Bonchev–Trinajstić information content (AvgIpc) is 3.19. The summed E-state index contributed by atoms with van der Waals surface area (Å²) in [7, 11) is 1.65. The summed E-state index contributed by atoms with van der Waals surface area (Å²) in [5, 5.41) is 3.91. The number of hydrogen-bond acceptors (Lipinski definition) is 7. The van der Waals surface area contributed by atoms with Gasteiger partial charge in [-0.05, 0) is 0 Å². The van der Waals surface area contributed by atoms with E-state index in [1.807, 2.05) is 30.3 Å². The second kappa shape index (κ2) is 5.80. The van der Waals surface area contributed by atoms with Crippen molar-refractivity contribution in [3.63, 3.8) is 0 Å². The molecule has 0 saturated heterocycles. The third kappa shape index (κ3) is 2.95. The molecular weight excluding hydrogens is 290 g/mol. The lowest BCUT2D eigenvalue weighted by Crippen LogP contribution is -2.26. The van der Waals surface area contributed by atoms with Crippen molar-refractivity contribution in [2.75, 3.05) is 7.05 Å². The van der Waals surface area contributed by atoms with Crippen LogP contribution in [-0.4, -0.2) is 36.7 Å². The highest BCUT2D eigenvalue weighted by atomic mass is 32.1. The van der Waals surface area contributed by atoms with Gasteiger partial charge in [0.2, 0.25) is 11.7 Å². The van der Waals surface area contributed by atoms with Gasteiger partial charge in [0.05, 0.1) is 17.9 Å². The lowest BCUT2D eigenvalue weighted by molar-refractivity contribution is 0.0765. The molecule has 0 fully saturated rings. The molecule has 0 atom stereocenters. The zero-order chi connectivity index (χ0) is 14.7. The summed E-state index contributed by atoms with van der Waals surface area (Å²) in [5.41, 5.74) is 1.18. The van der Waals surface area contributed by atoms with Crippen LogP contribution in [0.3, 0.4) is 0 Å². The molecule has 0 saturated carbocycles. The van der Waals surface area contributed by atoms with Gasteiger partial charge in [0.15, 0.2) is 5.69 Å². The Morgan fingerprint density at radius 3 is 2.86 bits per heavy atom. The molecule has 0 aliphatic heterocycles. The van der Waals surface area contributed by atoms with Gasteiger partial charge in [-0.15, -0.1) is 0 Å². The third-order valence-electron chi connectivity index (χ3n) is 2.80. The topological polar surface area (TPSA) is 85.0 Å². The maximum absolute atomic E-state index is 12.0. The van der Waals surface area contributed by atoms with E-state index in [2.05, 4.69) is 18.9 Å². The van der Waals surface area contributed by atoms with Crippen LogP contribution in [-0.2, 0) is 6.54 Å². The Hall–Kier alpha value is -2.61. The molecule has 0 unspecified atom stereocenters. The molecule has 0 aliphatic carbocycles. The standard InChI is InChI=1S/C13H11N5O2S/c1-18(13(19)10-7-14-21-17-10)8-11-15-12(16-20-11)9-5-3-2-4-6-9/h2-7H,8H2,1H3. The van der Waals surface area contributed by atoms with Crippen molar-refractivity contribution in [1.82, 2.24) is 23.8 Å². The van der Waals surface area contributed by atoms with Gasteiger partial charge < -0.3 is 9.42 Å². The van der Waals surface area contributed by atoms with Crippen molar-refractivity contribution in [2.24, 2.45) is 0 Å². The summed E-state index contributed by atoms with van der Waals surface area (Å²) in [6.45, 7) is 0.218. The van der Waals surface area contributed by atoms with Gasteiger partial charge in [0.25, 0.3) is 5.91 Å². The summed E-state index contributed by atoms with van der Waals surface area (Å²) < 4.78 is 12.9. The summed E-state index contributed by atoms with van der Waals surface area (Å²) in [5.74, 6) is 0.637. The fourth-order valence-corrected chi connectivity index (χ4v) is 2.16. The molecular formula is C13H11N5O2S. The minimum absolute atomic E-state index is 0.218. The lowest BCUT2D eigenvalue weighted by atomic mass is 10.2. The number of carbonyl (C=O) groups excluding carboxylic acids is 1. The summed E-state index contributed by atoms with van der Waals surface area (Å²) in [6, 6.07) is 9.50. The SMILES string of the molecule is CN(Cc1nc(-c2ccccc2)no1)C(=O)c1cnsn1. The van der Waals surface area contributed by atoms with Crippen molar-refractivity contribution < 1.29 is 9.32 Å². The quantitative estimate of drug-likeness (QED) is 0.731. The number of nitrogens with zero attached hydrogens (tertiary/aromatic N) is 5. The van der Waals surface area contributed by atoms with Crippen LogP contribution in [0.5, 0.6) is 0 Å². The van der Waals surface area contributed by atoms with E-state index in [0.29, 0.717) is 17.4 Å². The number of hydrogen-bond donors (Lipinski definition) is 0. The molecule has 2 aromatic heterocycles. The number of amides is 1. The van der Waals surface area contributed by atoms with Gasteiger partial charge in [-0.2, -0.15) is 13.7 Å². The van der Waals surface area contributed by atoms with Crippen molar-refractivity contribution in [3.8, 4) is 11.4 Å². The lowest BCUT2D eigenvalue weighted by Gasteiger charge is -2.12. The molecule has 0 radical (unpaired) electrons. The normalized spacial score (nSPS) is 10.5. The minimum atomic E-state index is -0.233. The molecule has 8 heteroatoms. The number of rotatable bonds is 4. The minimum Gasteiger partial charge on any atom is -0.337 e. The maximum Gasteiger partial charge on any atom is 0.275 e. The average molecular weight is 301 g/mol. The third-order valence-corrected chi connectivity index (χ3v) is 3.28. The predicted molar refractivity (Wildman–Crippen MR) is 75.4 cm³/mol. The second-order valence-electron chi connectivity index (χ2n) is 4.33. The first kappa shape index (κ1) is 13.4. The van der Waals surface area contributed by atoms with Crippen LogP contribution in [0.15, 0.2) is 41.1 Å². The van der Waals surface area contributed by atoms with Gasteiger partial charge in [-0.1, -0.05) is 35.5 Å². The van der Waals surface area contributed by atoms with Crippen LogP contribution in [0.1, 0.15) is 16.4 Å². The van der Waals surface area contributed by atoms with Crippen molar-refractivity contribution >= 4 is 17.6 Å². The highest BCUT2D eigenvalue weighted by molar-refractivity contribution is 6.99. The van der Waals surface area contributed by atoms with Crippen molar-refractivity contribution in [2.45, 2.75) is 6.54 Å². The molecule has 7 nitrogen and oxygen atoms in total. The molecule has 0 N–H and O–H groups in total. The molecule has 1 amide bonds. The first-order valence-electron chi connectivity index (χ1n) is 6.15. The molecule has 3 rings (SSSR count). The van der Waals surface area contributed by atoms with Gasteiger partial charge in [-0.25, -0.2) is 0 Å². The molecule has 0 bridgehead atoms. The summed E-state index contributed by atoms with van der Waals surface area (Å²) in [6.07, 6.45) is 1.44. The van der Waals surface area contributed by atoms with E-state index < -0.39 is 0 Å². The van der Waals surface area contributed by atoms with Crippen LogP contribution < -0.4 is 0 Å². The first-order valence-corrected chi connectivity index (χ1v) is 6.88. The smallest absolute Gasteiger partial charge is 0.275 e. The van der Waals surface area contributed by atoms with Crippen LogP contribution in [0.4, 0.5) is 0 Å². The van der Waals surface area contributed by atoms with Crippen LogP contribution >= 0.6 is 11.7 Å². The van der Waals surface area contributed by atoms with E-state index in [1.54, 1.807) is 7.05 Å². The Morgan fingerprint density at radius 2 is 2.14 bits per heavy atom. The number of carbonyl (C=O) groups is 1. The van der Waals surface area contributed by atoms with Crippen molar-refractivity contribution in [3.05, 3.63) is 48.1 Å². The molecule has 1 aromatic carbocycles.